The summed E-state index contributed by atoms with van der Waals surface area (Å²) in [4.78, 5) is 18.6. The Morgan fingerprint density at radius 2 is 2.25 bits per heavy atom. The van der Waals surface area contributed by atoms with Gasteiger partial charge in [-0.05, 0) is 36.3 Å². The second kappa shape index (κ2) is 4.58. The maximum Gasteiger partial charge on any atom is 0.240 e. The number of isocyanates is 1. The minimum atomic E-state index is 0.280. The Morgan fingerprint density at radius 1 is 1.50 bits per heavy atom. The second-order valence-electron chi connectivity index (χ2n) is 4.66. The summed E-state index contributed by atoms with van der Waals surface area (Å²) in [6.45, 7) is 4.10. The van der Waals surface area contributed by atoms with E-state index in [-0.39, 0.29) is 5.92 Å². The molecule has 0 saturated heterocycles. The topological polar surface area (TPSA) is 42.3 Å². The summed E-state index contributed by atoms with van der Waals surface area (Å²) >= 11 is 0. The van der Waals surface area contributed by atoms with Gasteiger partial charge in [0.15, 0.2) is 0 Å². The highest BCUT2D eigenvalue weighted by molar-refractivity contribution is 5.53. The molecule has 1 fully saturated rings. The fraction of sp³-hybridized carbons (Fsp3) is 0.538. The summed E-state index contributed by atoms with van der Waals surface area (Å²) in [6, 6.07) is 2.00. The standard InChI is InChI=1S/C13H16N2O/c1-9(2)13-12(15-8-16)6-11(7-14-13)10-4-3-5-10/h6-7,9-10H,3-5H2,1-2H3. The molecule has 0 aliphatic heterocycles. The third kappa shape index (κ3) is 2.05. The lowest BCUT2D eigenvalue weighted by atomic mass is 9.80. The molecule has 0 spiro atoms. The van der Waals surface area contributed by atoms with Crippen LogP contribution in [0.3, 0.4) is 0 Å². The predicted molar refractivity (Wildman–Crippen MR) is 62.7 cm³/mol. The van der Waals surface area contributed by atoms with Crippen LogP contribution < -0.4 is 0 Å². The van der Waals surface area contributed by atoms with Gasteiger partial charge in [0.25, 0.3) is 0 Å². The van der Waals surface area contributed by atoms with E-state index in [1.165, 1.54) is 24.8 Å². The van der Waals surface area contributed by atoms with Crippen molar-refractivity contribution in [2.45, 2.75) is 44.9 Å². The Labute approximate surface area is 95.6 Å². The molecular formula is C13H16N2O. The lowest BCUT2D eigenvalue weighted by molar-refractivity contribution is 0.418. The average Bonchev–Trinajstić information content (AvgIpc) is 2.15. The second-order valence-corrected chi connectivity index (χ2v) is 4.66. The lowest BCUT2D eigenvalue weighted by Gasteiger charge is -2.26. The summed E-state index contributed by atoms with van der Waals surface area (Å²) in [6.07, 6.45) is 7.30. The van der Waals surface area contributed by atoms with Gasteiger partial charge in [-0.2, -0.15) is 4.99 Å². The SMILES string of the molecule is CC(C)c1ncc(C2CCC2)cc1N=C=O. The minimum Gasteiger partial charge on any atom is -0.258 e. The molecule has 0 amide bonds. The van der Waals surface area contributed by atoms with E-state index in [0.717, 1.165) is 5.69 Å². The first-order chi connectivity index (χ1) is 7.72. The van der Waals surface area contributed by atoms with Crippen molar-refractivity contribution >= 4 is 11.8 Å². The van der Waals surface area contributed by atoms with Gasteiger partial charge in [0.1, 0.15) is 0 Å². The van der Waals surface area contributed by atoms with Crippen LogP contribution in [0.25, 0.3) is 0 Å². The first kappa shape index (κ1) is 11.0. The Balaban J connectivity index is 2.38. The number of rotatable bonds is 3. The molecule has 1 aliphatic carbocycles. The highest BCUT2D eigenvalue weighted by Crippen LogP contribution is 2.38. The zero-order chi connectivity index (χ0) is 11.5. The van der Waals surface area contributed by atoms with Crippen molar-refractivity contribution < 1.29 is 4.79 Å². The molecule has 1 heterocycles. The number of aliphatic imine (C=N–C) groups is 1. The zero-order valence-electron chi connectivity index (χ0n) is 9.73. The van der Waals surface area contributed by atoms with Crippen molar-refractivity contribution in [3.8, 4) is 0 Å². The molecule has 1 aliphatic rings. The van der Waals surface area contributed by atoms with E-state index in [4.69, 9.17) is 0 Å². The molecule has 0 unspecified atom stereocenters. The van der Waals surface area contributed by atoms with Crippen LogP contribution in [-0.4, -0.2) is 11.1 Å². The predicted octanol–water partition coefficient (Wildman–Crippen LogP) is 3.44. The van der Waals surface area contributed by atoms with Crippen LogP contribution in [0.4, 0.5) is 5.69 Å². The third-order valence-corrected chi connectivity index (χ3v) is 3.21. The van der Waals surface area contributed by atoms with Gasteiger partial charge >= 0.3 is 0 Å². The molecule has 16 heavy (non-hydrogen) atoms. The van der Waals surface area contributed by atoms with Crippen molar-refractivity contribution in [3.05, 3.63) is 23.5 Å². The molecule has 0 atom stereocenters. The highest BCUT2D eigenvalue weighted by Gasteiger charge is 2.21. The van der Waals surface area contributed by atoms with Crippen LogP contribution >= 0.6 is 0 Å². The summed E-state index contributed by atoms with van der Waals surface area (Å²) in [5, 5.41) is 0. The van der Waals surface area contributed by atoms with Crippen molar-refractivity contribution in [2.24, 2.45) is 4.99 Å². The highest BCUT2D eigenvalue weighted by atomic mass is 16.1. The van der Waals surface area contributed by atoms with E-state index in [2.05, 4.69) is 23.8 Å². The van der Waals surface area contributed by atoms with E-state index in [9.17, 15) is 4.79 Å². The van der Waals surface area contributed by atoms with Gasteiger partial charge in [0, 0.05) is 6.20 Å². The van der Waals surface area contributed by atoms with Crippen LogP contribution in [0.5, 0.6) is 0 Å². The van der Waals surface area contributed by atoms with Gasteiger partial charge < -0.3 is 0 Å². The first-order valence-electron chi connectivity index (χ1n) is 5.80. The smallest absolute Gasteiger partial charge is 0.240 e. The van der Waals surface area contributed by atoms with Crippen LogP contribution in [0.2, 0.25) is 0 Å². The van der Waals surface area contributed by atoms with E-state index < -0.39 is 0 Å². The quantitative estimate of drug-likeness (QED) is 0.573. The number of nitrogens with zero attached hydrogens (tertiary/aromatic N) is 2. The van der Waals surface area contributed by atoms with Crippen molar-refractivity contribution in [1.29, 1.82) is 0 Å². The fourth-order valence-electron chi connectivity index (χ4n) is 2.03. The third-order valence-electron chi connectivity index (χ3n) is 3.21. The van der Waals surface area contributed by atoms with Gasteiger partial charge in [-0.1, -0.05) is 20.3 Å². The Hall–Kier alpha value is -1.47. The number of carbonyl (C=O) groups excluding carboxylic acids is 1. The lowest BCUT2D eigenvalue weighted by Crippen LogP contribution is -2.09. The van der Waals surface area contributed by atoms with Crippen LogP contribution in [-0.2, 0) is 4.79 Å². The zero-order valence-corrected chi connectivity index (χ0v) is 9.73. The Bertz CT molecular complexity index is 430. The van der Waals surface area contributed by atoms with E-state index in [1.807, 2.05) is 12.3 Å². The molecule has 84 valence electrons. The van der Waals surface area contributed by atoms with Crippen LogP contribution in [0, 0.1) is 0 Å². The first-order valence-corrected chi connectivity index (χ1v) is 5.80. The van der Waals surface area contributed by atoms with Gasteiger partial charge in [0.05, 0.1) is 11.4 Å². The molecule has 0 radical (unpaired) electrons. The molecule has 3 nitrogen and oxygen atoms in total. The number of pyridine rings is 1. The molecule has 0 N–H and O–H groups in total. The van der Waals surface area contributed by atoms with Gasteiger partial charge in [-0.15, -0.1) is 0 Å². The molecular weight excluding hydrogens is 200 g/mol. The van der Waals surface area contributed by atoms with Gasteiger partial charge in [-0.25, -0.2) is 4.79 Å². The molecule has 0 bridgehead atoms. The largest absolute Gasteiger partial charge is 0.258 e. The Kier molecular flexibility index (Phi) is 3.16. The van der Waals surface area contributed by atoms with Crippen molar-refractivity contribution in [3.63, 3.8) is 0 Å². The number of hydrogen-bond acceptors (Lipinski definition) is 3. The van der Waals surface area contributed by atoms with E-state index in [1.54, 1.807) is 6.08 Å². The van der Waals surface area contributed by atoms with E-state index in [0.29, 0.717) is 11.6 Å². The molecule has 1 aromatic rings. The summed E-state index contributed by atoms with van der Waals surface area (Å²) in [7, 11) is 0. The summed E-state index contributed by atoms with van der Waals surface area (Å²) in [5.41, 5.74) is 2.78. The normalized spacial score (nSPS) is 15.7. The van der Waals surface area contributed by atoms with Gasteiger partial charge in [0.2, 0.25) is 6.08 Å². The minimum absolute atomic E-state index is 0.280. The van der Waals surface area contributed by atoms with Gasteiger partial charge in [-0.3, -0.25) is 4.98 Å². The molecule has 1 aromatic heterocycles. The molecule has 0 aromatic carbocycles. The number of hydrogen-bond donors (Lipinski definition) is 0. The molecule has 1 saturated carbocycles. The van der Waals surface area contributed by atoms with Crippen LogP contribution in [0.1, 0.15) is 56.2 Å². The summed E-state index contributed by atoms with van der Waals surface area (Å²) in [5.74, 6) is 0.900. The molecule has 2 rings (SSSR count). The average molecular weight is 216 g/mol. The fourth-order valence-corrected chi connectivity index (χ4v) is 2.03. The maximum absolute atomic E-state index is 10.4. The van der Waals surface area contributed by atoms with E-state index >= 15 is 0 Å². The monoisotopic (exact) mass is 216 g/mol. The van der Waals surface area contributed by atoms with Crippen molar-refractivity contribution in [1.82, 2.24) is 4.98 Å². The van der Waals surface area contributed by atoms with Crippen molar-refractivity contribution in [2.75, 3.05) is 0 Å². The maximum atomic E-state index is 10.4. The van der Waals surface area contributed by atoms with Crippen LogP contribution in [0.15, 0.2) is 17.3 Å². The Morgan fingerprint density at radius 3 is 2.75 bits per heavy atom. The summed E-state index contributed by atoms with van der Waals surface area (Å²) < 4.78 is 0. The number of aromatic nitrogens is 1. The molecule has 3 heteroatoms.